The first-order valence-corrected chi connectivity index (χ1v) is 8.32. The number of amides is 2. The molecule has 0 spiro atoms. The molecule has 25 heavy (non-hydrogen) atoms. The van der Waals surface area contributed by atoms with Crippen LogP contribution in [0.1, 0.15) is 22.3 Å². The first-order chi connectivity index (χ1) is 12.0. The van der Waals surface area contributed by atoms with Crippen LogP contribution in [0.25, 0.3) is 0 Å². The number of carboxylic acids is 1. The van der Waals surface area contributed by atoms with Crippen molar-refractivity contribution < 1.29 is 19.5 Å². The number of likely N-dealkylation sites (N-methyl/N-ethyl adjacent to an activating group) is 1. The van der Waals surface area contributed by atoms with Gasteiger partial charge in [-0.25, -0.2) is 0 Å². The predicted molar refractivity (Wildman–Crippen MR) is 91.4 cm³/mol. The molecule has 1 aromatic rings. The lowest BCUT2D eigenvalue weighted by molar-refractivity contribution is -0.141. The second-order valence-electron chi connectivity index (χ2n) is 6.40. The summed E-state index contributed by atoms with van der Waals surface area (Å²) in [5.41, 5.74) is 2.09. The van der Waals surface area contributed by atoms with Gasteiger partial charge in [0.1, 0.15) is 6.04 Å². The Balaban J connectivity index is 1.84. The van der Waals surface area contributed by atoms with E-state index < -0.39 is 12.0 Å². The van der Waals surface area contributed by atoms with E-state index in [1.807, 2.05) is 4.90 Å². The van der Waals surface area contributed by atoms with Crippen LogP contribution in [-0.4, -0.2) is 72.0 Å². The van der Waals surface area contributed by atoms with Crippen LogP contribution in [0.2, 0.25) is 0 Å². The molecule has 134 valence electrons. The highest BCUT2D eigenvalue weighted by Gasteiger charge is 2.29. The summed E-state index contributed by atoms with van der Waals surface area (Å²) in [7, 11) is 1.64. The molecule has 8 nitrogen and oxygen atoms in total. The Morgan fingerprint density at radius 3 is 2.68 bits per heavy atom. The molecule has 2 aliphatic rings. The van der Waals surface area contributed by atoms with Gasteiger partial charge < -0.3 is 25.5 Å². The number of fused-ring (bicyclic) bond motifs is 1. The van der Waals surface area contributed by atoms with Crippen LogP contribution in [0, 0.1) is 0 Å². The van der Waals surface area contributed by atoms with Crippen molar-refractivity contribution in [3.8, 4) is 0 Å². The Bertz CT molecular complexity index is 700. The van der Waals surface area contributed by atoms with Gasteiger partial charge in [0, 0.05) is 51.0 Å². The molecule has 0 saturated carbocycles. The summed E-state index contributed by atoms with van der Waals surface area (Å²) >= 11 is 0. The standard InChI is InChI=1S/C17H22N4O4/c1-20-10-12-8-11(16(24)21-6-4-18-5-7-21)2-3-13(12)19-14(17(20)25)9-15(22)23/h2-3,8,14,18-19H,4-7,9-10H2,1H3,(H,22,23). The quantitative estimate of drug-likeness (QED) is 0.710. The van der Waals surface area contributed by atoms with Crippen molar-refractivity contribution in [2.75, 3.05) is 38.5 Å². The molecule has 0 aromatic heterocycles. The van der Waals surface area contributed by atoms with Crippen molar-refractivity contribution in [3.05, 3.63) is 29.3 Å². The monoisotopic (exact) mass is 346 g/mol. The van der Waals surface area contributed by atoms with E-state index in [4.69, 9.17) is 5.11 Å². The largest absolute Gasteiger partial charge is 0.481 e. The van der Waals surface area contributed by atoms with E-state index >= 15 is 0 Å². The fourth-order valence-corrected chi connectivity index (χ4v) is 3.21. The molecule has 3 rings (SSSR count). The second-order valence-corrected chi connectivity index (χ2v) is 6.40. The highest BCUT2D eigenvalue weighted by atomic mass is 16.4. The molecule has 3 N–H and O–H groups in total. The third-order valence-corrected chi connectivity index (χ3v) is 4.55. The maximum atomic E-state index is 12.6. The molecule has 8 heteroatoms. The van der Waals surface area contributed by atoms with Crippen LogP contribution in [0.3, 0.4) is 0 Å². The number of nitrogens with zero attached hydrogens (tertiary/aromatic N) is 2. The third kappa shape index (κ3) is 3.74. The zero-order chi connectivity index (χ0) is 18.0. The molecule has 2 aliphatic heterocycles. The normalized spacial score (nSPS) is 20.5. The number of nitrogens with one attached hydrogen (secondary N) is 2. The number of anilines is 1. The molecule has 0 bridgehead atoms. The Kier molecular flexibility index (Phi) is 4.89. The van der Waals surface area contributed by atoms with Crippen molar-refractivity contribution in [3.63, 3.8) is 0 Å². The Morgan fingerprint density at radius 2 is 2.00 bits per heavy atom. The van der Waals surface area contributed by atoms with E-state index in [9.17, 15) is 14.4 Å². The number of hydrogen-bond donors (Lipinski definition) is 3. The number of carbonyl (C=O) groups excluding carboxylic acids is 2. The molecule has 1 unspecified atom stereocenters. The van der Waals surface area contributed by atoms with Gasteiger partial charge in [-0.3, -0.25) is 14.4 Å². The van der Waals surface area contributed by atoms with E-state index in [1.165, 1.54) is 4.90 Å². The Labute approximate surface area is 145 Å². The number of carboxylic acid groups (broad SMARTS) is 1. The van der Waals surface area contributed by atoms with Crippen molar-refractivity contribution >= 4 is 23.5 Å². The lowest BCUT2D eigenvalue weighted by Gasteiger charge is -2.27. The third-order valence-electron chi connectivity index (χ3n) is 4.55. The van der Waals surface area contributed by atoms with Crippen molar-refractivity contribution in [1.82, 2.24) is 15.1 Å². The fourth-order valence-electron chi connectivity index (χ4n) is 3.21. The summed E-state index contributed by atoms with van der Waals surface area (Å²) in [6, 6.07) is 4.47. The average Bonchev–Trinajstić information content (AvgIpc) is 2.71. The number of carbonyl (C=O) groups is 3. The minimum absolute atomic E-state index is 0.0235. The lowest BCUT2D eigenvalue weighted by Crippen LogP contribution is -2.46. The van der Waals surface area contributed by atoms with Crippen LogP contribution in [0.4, 0.5) is 5.69 Å². The number of hydrogen-bond acceptors (Lipinski definition) is 5. The van der Waals surface area contributed by atoms with E-state index in [0.29, 0.717) is 30.9 Å². The topological polar surface area (TPSA) is 102 Å². The minimum Gasteiger partial charge on any atom is -0.481 e. The zero-order valence-corrected chi connectivity index (χ0v) is 14.1. The zero-order valence-electron chi connectivity index (χ0n) is 14.1. The summed E-state index contributed by atoms with van der Waals surface area (Å²) in [5.74, 6) is -1.33. The molecule has 0 radical (unpaired) electrons. The summed E-state index contributed by atoms with van der Waals surface area (Å²) in [6.45, 7) is 3.25. The Hall–Kier alpha value is -2.61. The van der Waals surface area contributed by atoms with E-state index in [-0.39, 0.29) is 18.2 Å². The number of piperazine rings is 1. The van der Waals surface area contributed by atoms with Crippen molar-refractivity contribution in [1.29, 1.82) is 0 Å². The highest BCUT2D eigenvalue weighted by Crippen LogP contribution is 2.25. The number of benzene rings is 1. The molecule has 0 aliphatic carbocycles. The first kappa shape index (κ1) is 17.2. The Morgan fingerprint density at radius 1 is 1.28 bits per heavy atom. The van der Waals surface area contributed by atoms with Gasteiger partial charge in [0.05, 0.1) is 6.42 Å². The summed E-state index contributed by atoms with van der Waals surface area (Å²) < 4.78 is 0. The van der Waals surface area contributed by atoms with Gasteiger partial charge in [-0.05, 0) is 23.8 Å². The molecule has 2 amide bonds. The molecular weight excluding hydrogens is 324 g/mol. The highest BCUT2D eigenvalue weighted by molar-refractivity contribution is 5.96. The fraction of sp³-hybridized carbons (Fsp3) is 0.471. The molecular formula is C17H22N4O4. The number of aliphatic carboxylic acids is 1. The molecule has 1 saturated heterocycles. The van der Waals surface area contributed by atoms with Crippen LogP contribution < -0.4 is 10.6 Å². The second kappa shape index (κ2) is 7.10. The van der Waals surface area contributed by atoms with Gasteiger partial charge in [-0.2, -0.15) is 0 Å². The maximum Gasteiger partial charge on any atom is 0.305 e. The van der Waals surface area contributed by atoms with Crippen LogP contribution in [0.5, 0.6) is 0 Å². The lowest BCUT2D eigenvalue weighted by atomic mass is 10.1. The van der Waals surface area contributed by atoms with Gasteiger partial charge in [-0.15, -0.1) is 0 Å². The van der Waals surface area contributed by atoms with Crippen molar-refractivity contribution in [2.24, 2.45) is 0 Å². The van der Waals surface area contributed by atoms with Crippen LogP contribution >= 0.6 is 0 Å². The van der Waals surface area contributed by atoms with E-state index in [2.05, 4.69) is 10.6 Å². The van der Waals surface area contributed by atoms with Crippen LogP contribution in [-0.2, 0) is 16.1 Å². The maximum absolute atomic E-state index is 12.6. The van der Waals surface area contributed by atoms with E-state index in [0.717, 1.165) is 18.7 Å². The molecule has 1 atom stereocenters. The number of rotatable bonds is 3. The van der Waals surface area contributed by atoms with E-state index in [1.54, 1.807) is 25.2 Å². The first-order valence-electron chi connectivity index (χ1n) is 8.32. The van der Waals surface area contributed by atoms with Gasteiger partial charge in [-0.1, -0.05) is 0 Å². The average molecular weight is 346 g/mol. The molecule has 1 fully saturated rings. The van der Waals surface area contributed by atoms with Gasteiger partial charge in [0.2, 0.25) is 5.91 Å². The summed E-state index contributed by atoms with van der Waals surface area (Å²) in [5, 5.41) is 15.2. The molecule has 1 aromatic carbocycles. The SMILES string of the molecule is CN1Cc2cc(C(=O)N3CCNCC3)ccc2NC(CC(=O)O)C1=O. The summed E-state index contributed by atoms with van der Waals surface area (Å²) in [6.07, 6.45) is -0.288. The summed E-state index contributed by atoms with van der Waals surface area (Å²) in [4.78, 5) is 39.3. The van der Waals surface area contributed by atoms with Gasteiger partial charge in [0.15, 0.2) is 0 Å². The van der Waals surface area contributed by atoms with Gasteiger partial charge >= 0.3 is 5.97 Å². The minimum atomic E-state index is -1.03. The van der Waals surface area contributed by atoms with Crippen LogP contribution in [0.15, 0.2) is 18.2 Å². The van der Waals surface area contributed by atoms with Gasteiger partial charge in [0.25, 0.3) is 5.91 Å². The van der Waals surface area contributed by atoms with Crippen molar-refractivity contribution in [2.45, 2.75) is 19.0 Å². The predicted octanol–water partition coefficient (Wildman–Crippen LogP) is -0.0408. The smallest absolute Gasteiger partial charge is 0.305 e. The molecule has 2 heterocycles.